The van der Waals surface area contributed by atoms with Gasteiger partial charge in [0.25, 0.3) is 21.8 Å². The highest BCUT2D eigenvalue weighted by Gasteiger charge is 2.34. The van der Waals surface area contributed by atoms with Crippen LogP contribution in [0.5, 0.6) is 5.75 Å². The highest BCUT2D eigenvalue weighted by atomic mass is 32.2. The van der Waals surface area contributed by atoms with E-state index in [9.17, 15) is 22.8 Å². The number of ketones is 1. The largest absolute Gasteiger partial charge is 0.481 e. The monoisotopic (exact) mass is 449 g/mol. The van der Waals surface area contributed by atoms with Gasteiger partial charge in [-0.1, -0.05) is 12.1 Å². The fourth-order valence-corrected chi connectivity index (χ4v) is 4.50. The topological polar surface area (TPSA) is 140 Å². The first kappa shape index (κ1) is 22.5. The van der Waals surface area contributed by atoms with Crippen molar-refractivity contribution in [2.45, 2.75) is 25.0 Å². The summed E-state index contributed by atoms with van der Waals surface area (Å²) in [6.45, 7) is 3.50. The first-order valence-electron chi connectivity index (χ1n) is 9.56. The molecule has 0 saturated carbocycles. The third kappa shape index (κ3) is 4.94. The lowest BCUT2D eigenvalue weighted by molar-refractivity contribution is -0.139. The second-order valence-electron chi connectivity index (χ2n) is 7.06. The standard InChI is InChI=1S/C20H23N3O7S/c1-13(24)15-4-3-5-16(12-15)29-14(2)20(26)22-8-10-23(11-9-22)31(27,28)18-7-6-17(30-18)19(21)25/h3-7,12,14H,8-11H2,1-2H3,(H2,21,25). The number of hydrogen-bond acceptors (Lipinski definition) is 7. The fourth-order valence-electron chi connectivity index (χ4n) is 3.17. The Kier molecular flexibility index (Phi) is 6.46. The first-order chi connectivity index (χ1) is 14.6. The fraction of sp³-hybridized carbons (Fsp3) is 0.350. The van der Waals surface area contributed by atoms with Gasteiger partial charge in [-0.25, -0.2) is 8.42 Å². The van der Waals surface area contributed by atoms with E-state index in [1.54, 1.807) is 31.2 Å². The molecule has 0 aliphatic carbocycles. The van der Waals surface area contributed by atoms with Gasteiger partial charge in [-0.2, -0.15) is 4.31 Å². The first-order valence-corrected chi connectivity index (χ1v) is 11.0. The van der Waals surface area contributed by atoms with Crippen LogP contribution in [0, 0.1) is 0 Å². The highest BCUT2D eigenvalue weighted by Crippen LogP contribution is 2.21. The molecule has 1 saturated heterocycles. The molecule has 10 nitrogen and oxygen atoms in total. The van der Waals surface area contributed by atoms with E-state index in [-0.39, 0.29) is 48.7 Å². The minimum Gasteiger partial charge on any atom is -0.481 e. The van der Waals surface area contributed by atoms with Crippen molar-refractivity contribution in [2.24, 2.45) is 5.73 Å². The van der Waals surface area contributed by atoms with Crippen LogP contribution in [0.2, 0.25) is 0 Å². The number of nitrogens with zero attached hydrogens (tertiary/aromatic N) is 2. The molecule has 1 aliphatic rings. The van der Waals surface area contributed by atoms with Gasteiger partial charge in [0, 0.05) is 31.7 Å². The quantitative estimate of drug-likeness (QED) is 0.619. The minimum absolute atomic E-state index is 0.0627. The van der Waals surface area contributed by atoms with Crippen molar-refractivity contribution in [3.05, 3.63) is 47.7 Å². The molecule has 1 aromatic heterocycles. The maximum Gasteiger partial charge on any atom is 0.284 e. The summed E-state index contributed by atoms with van der Waals surface area (Å²) in [4.78, 5) is 36.9. The van der Waals surface area contributed by atoms with Crippen molar-refractivity contribution in [2.75, 3.05) is 26.2 Å². The molecule has 11 heteroatoms. The number of primary amides is 1. The Hall–Kier alpha value is -3.18. The third-order valence-corrected chi connectivity index (χ3v) is 6.64. The number of sulfonamides is 1. The zero-order chi connectivity index (χ0) is 22.8. The lowest BCUT2D eigenvalue weighted by atomic mass is 10.1. The van der Waals surface area contributed by atoms with E-state index < -0.39 is 22.0 Å². The van der Waals surface area contributed by atoms with Crippen molar-refractivity contribution < 1.29 is 32.0 Å². The van der Waals surface area contributed by atoms with Crippen molar-refractivity contribution in [3.8, 4) is 5.75 Å². The Morgan fingerprint density at radius 3 is 2.35 bits per heavy atom. The van der Waals surface area contributed by atoms with Gasteiger partial charge >= 0.3 is 0 Å². The Labute approximate surface area is 179 Å². The maximum atomic E-state index is 12.7. The minimum atomic E-state index is -3.95. The molecular weight excluding hydrogens is 426 g/mol. The van der Waals surface area contributed by atoms with E-state index in [0.29, 0.717) is 11.3 Å². The SMILES string of the molecule is CC(=O)c1cccc(OC(C)C(=O)N2CCN(S(=O)(=O)c3ccc(C(N)=O)o3)CC2)c1. The molecule has 2 N–H and O–H groups in total. The van der Waals surface area contributed by atoms with Crippen molar-refractivity contribution >= 4 is 27.6 Å². The lowest BCUT2D eigenvalue weighted by Gasteiger charge is -2.34. The number of amides is 2. The molecule has 0 spiro atoms. The predicted molar refractivity (Wildman–Crippen MR) is 109 cm³/mol. The van der Waals surface area contributed by atoms with Gasteiger partial charge in [0.05, 0.1) is 0 Å². The van der Waals surface area contributed by atoms with E-state index in [0.717, 1.165) is 0 Å². The Morgan fingerprint density at radius 1 is 1.10 bits per heavy atom. The molecule has 1 unspecified atom stereocenters. The van der Waals surface area contributed by atoms with Crippen molar-refractivity contribution in [1.29, 1.82) is 0 Å². The Bertz CT molecular complexity index is 1100. The zero-order valence-electron chi connectivity index (χ0n) is 17.1. The average Bonchev–Trinajstić information content (AvgIpc) is 3.25. The number of benzene rings is 1. The molecule has 2 amide bonds. The molecule has 0 bridgehead atoms. The molecule has 166 valence electrons. The van der Waals surface area contributed by atoms with E-state index in [2.05, 4.69) is 0 Å². The number of furan rings is 1. The van der Waals surface area contributed by atoms with Crippen LogP contribution in [0.3, 0.4) is 0 Å². The summed E-state index contributed by atoms with van der Waals surface area (Å²) in [6.07, 6.45) is -0.812. The van der Waals surface area contributed by atoms with Crippen LogP contribution in [0.4, 0.5) is 0 Å². The van der Waals surface area contributed by atoms with Crippen molar-refractivity contribution in [1.82, 2.24) is 9.21 Å². The van der Waals surface area contributed by atoms with Gasteiger partial charge in [-0.05, 0) is 38.1 Å². The van der Waals surface area contributed by atoms with E-state index in [4.69, 9.17) is 14.9 Å². The second-order valence-corrected chi connectivity index (χ2v) is 8.93. The van der Waals surface area contributed by atoms with Crippen LogP contribution in [0.25, 0.3) is 0 Å². The summed E-state index contributed by atoms with van der Waals surface area (Å²) < 4.78 is 37.3. The predicted octanol–water partition coefficient (Wildman–Crippen LogP) is 0.882. The van der Waals surface area contributed by atoms with E-state index in [1.807, 2.05) is 0 Å². The number of piperazine rings is 1. The number of nitrogens with two attached hydrogens (primary N) is 1. The van der Waals surface area contributed by atoms with Gasteiger partial charge < -0.3 is 19.8 Å². The van der Waals surface area contributed by atoms with Gasteiger partial charge in [0.15, 0.2) is 17.6 Å². The molecule has 1 aliphatic heterocycles. The molecule has 31 heavy (non-hydrogen) atoms. The van der Waals surface area contributed by atoms with Gasteiger partial charge in [0.1, 0.15) is 5.75 Å². The summed E-state index contributed by atoms with van der Waals surface area (Å²) in [5, 5.41) is -0.372. The Balaban J connectivity index is 1.60. The van der Waals surface area contributed by atoms with Crippen LogP contribution in [0.15, 0.2) is 45.9 Å². The number of ether oxygens (including phenoxy) is 1. The number of Topliss-reactive ketones (excluding diaryl/α,β-unsaturated/α-hetero) is 1. The number of carbonyl (C=O) groups excluding carboxylic acids is 3. The van der Waals surface area contributed by atoms with Crippen LogP contribution in [-0.4, -0.2) is 67.5 Å². The second kappa shape index (κ2) is 8.90. The summed E-state index contributed by atoms with van der Waals surface area (Å²) >= 11 is 0. The number of hydrogen-bond donors (Lipinski definition) is 1. The van der Waals surface area contributed by atoms with Gasteiger partial charge in [-0.3, -0.25) is 14.4 Å². The van der Waals surface area contributed by atoms with Crippen LogP contribution in [-0.2, 0) is 14.8 Å². The summed E-state index contributed by atoms with van der Waals surface area (Å²) in [5.74, 6) is -1.11. The molecule has 2 heterocycles. The normalized spacial score (nSPS) is 16.0. The average molecular weight is 449 g/mol. The molecule has 3 rings (SSSR count). The molecular formula is C20H23N3O7S. The maximum absolute atomic E-state index is 12.7. The molecule has 1 aromatic carbocycles. The summed E-state index contributed by atoms with van der Waals surface area (Å²) in [5.41, 5.74) is 5.57. The molecule has 1 atom stereocenters. The molecule has 2 aromatic rings. The smallest absolute Gasteiger partial charge is 0.284 e. The summed E-state index contributed by atoms with van der Waals surface area (Å²) in [6, 6.07) is 8.94. The lowest BCUT2D eigenvalue weighted by Crippen LogP contribution is -2.53. The number of rotatable bonds is 7. The van der Waals surface area contributed by atoms with Gasteiger partial charge in [0.2, 0.25) is 5.09 Å². The van der Waals surface area contributed by atoms with Crippen LogP contribution >= 0.6 is 0 Å². The van der Waals surface area contributed by atoms with Crippen LogP contribution in [0.1, 0.15) is 34.8 Å². The van der Waals surface area contributed by atoms with E-state index >= 15 is 0 Å². The van der Waals surface area contributed by atoms with E-state index in [1.165, 1.54) is 28.3 Å². The van der Waals surface area contributed by atoms with Crippen LogP contribution < -0.4 is 10.5 Å². The van der Waals surface area contributed by atoms with Gasteiger partial charge in [-0.15, -0.1) is 0 Å². The number of carbonyl (C=O) groups is 3. The molecule has 0 radical (unpaired) electrons. The Morgan fingerprint density at radius 2 is 1.77 bits per heavy atom. The van der Waals surface area contributed by atoms with Crippen molar-refractivity contribution in [3.63, 3.8) is 0 Å². The summed E-state index contributed by atoms with van der Waals surface area (Å²) in [7, 11) is -3.95. The highest BCUT2D eigenvalue weighted by molar-refractivity contribution is 7.89. The third-order valence-electron chi connectivity index (χ3n) is 4.87. The zero-order valence-corrected chi connectivity index (χ0v) is 17.9. The molecule has 1 fully saturated rings.